The molecule has 2 rings (SSSR count). The highest BCUT2D eigenvalue weighted by molar-refractivity contribution is 7.89. The van der Waals surface area contributed by atoms with Crippen molar-refractivity contribution in [3.8, 4) is 17.2 Å². The van der Waals surface area contributed by atoms with Crippen LogP contribution in [0.4, 0.5) is 8.78 Å². The highest BCUT2D eigenvalue weighted by atomic mass is 32.2. The fourth-order valence-electron chi connectivity index (χ4n) is 1.99. The van der Waals surface area contributed by atoms with Crippen LogP contribution in [0.3, 0.4) is 0 Å². The van der Waals surface area contributed by atoms with Gasteiger partial charge in [-0.1, -0.05) is 6.07 Å². The number of hydrogen-bond donors (Lipinski definition) is 1. The minimum atomic E-state index is -3.91. The van der Waals surface area contributed by atoms with E-state index in [4.69, 9.17) is 9.47 Å². The summed E-state index contributed by atoms with van der Waals surface area (Å²) < 4.78 is 62.3. The van der Waals surface area contributed by atoms with Gasteiger partial charge in [-0.15, -0.1) is 0 Å². The summed E-state index contributed by atoms with van der Waals surface area (Å²) in [5, 5.41) is 0. The fourth-order valence-corrected chi connectivity index (χ4v) is 2.43. The van der Waals surface area contributed by atoms with Gasteiger partial charge in [0.2, 0.25) is 10.0 Å². The molecular formula is C16H15F2NO5S. The maximum Gasteiger partial charge on any atom is 0.267 e. The molecule has 6 nitrogen and oxygen atoms in total. The summed E-state index contributed by atoms with van der Waals surface area (Å²) in [4.78, 5) is 11.7. The maximum atomic E-state index is 14.2. The van der Waals surface area contributed by atoms with Gasteiger partial charge in [0.15, 0.2) is 23.1 Å². The molecule has 1 N–H and O–H groups in total. The number of nitrogens with one attached hydrogen (secondary N) is 1. The van der Waals surface area contributed by atoms with Gasteiger partial charge in [0.25, 0.3) is 5.91 Å². The van der Waals surface area contributed by atoms with Crippen LogP contribution in [0.15, 0.2) is 30.3 Å². The Morgan fingerprint density at radius 2 is 1.72 bits per heavy atom. The van der Waals surface area contributed by atoms with Gasteiger partial charge in [-0.2, -0.15) is 0 Å². The van der Waals surface area contributed by atoms with Crippen LogP contribution in [-0.4, -0.2) is 27.7 Å². The van der Waals surface area contributed by atoms with Crippen molar-refractivity contribution in [2.75, 3.05) is 13.4 Å². The Balaban J connectivity index is 2.38. The Morgan fingerprint density at radius 1 is 1.04 bits per heavy atom. The second kappa shape index (κ2) is 7.06. The van der Waals surface area contributed by atoms with Crippen molar-refractivity contribution in [2.45, 2.75) is 6.92 Å². The maximum absolute atomic E-state index is 14.2. The van der Waals surface area contributed by atoms with Gasteiger partial charge < -0.3 is 9.47 Å². The molecule has 2 aromatic carbocycles. The fraction of sp³-hybridized carbons (Fsp3) is 0.188. The van der Waals surface area contributed by atoms with Gasteiger partial charge in [-0.25, -0.2) is 21.9 Å². The standard InChI is InChI=1S/C16H15F2NO5S/c1-9-4-5-13(23-2)15(6-9)24-14-8-11(17)10(7-12(14)18)16(20)19-25(3,21)22/h4-8H,1-3H3,(H,19,20). The van der Waals surface area contributed by atoms with E-state index in [1.807, 2.05) is 0 Å². The Hall–Kier alpha value is -2.68. The molecule has 0 aliphatic rings. The van der Waals surface area contributed by atoms with Gasteiger partial charge in [-0.05, 0) is 30.7 Å². The molecule has 0 saturated carbocycles. The number of hydrogen-bond acceptors (Lipinski definition) is 5. The zero-order valence-corrected chi connectivity index (χ0v) is 14.4. The predicted molar refractivity (Wildman–Crippen MR) is 86.5 cm³/mol. The largest absolute Gasteiger partial charge is 0.493 e. The average molecular weight is 371 g/mol. The summed E-state index contributed by atoms with van der Waals surface area (Å²) in [6.07, 6.45) is 0.723. The van der Waals surface area contributed by atoms with Crippen molar-refractivity contribution >= 4 is 15.9 Å². The van der Waals surface area contributed by atoms with E-state index in [0.29, 0.717) is 17.9 Å². The molecule has 0 unspecified atom stereocenters. The molecule has 2 aromatic rings. The lowest BCUT2D eigenvalue weighted by Gasteiger charge is -2.13. The van der Waals surface area contributed by atoms with Crippen molar-refractivity contribution in [1.82, 2.24) is 4.72 Å². The zero-order valence-electron chi connectivity index (χ0n) is 13.6. The van der Waals surface area contributed by atoms with E-state index >= 15 is 0 Å². The molecule has 0 heterocycles. The van der Waals surface area contributed by atoms with Crippen molar-refractivity contribution in [1.29, 1.82) is 0 Å². The normalized spacial score (nSPS) is 11.1. The molecule has 9 heteroatoms. The second-order valence-electron chi connectivity index (χ2n) is 5.22. The van der Waals surface area contributed by atoms with Gasteiger partial charge >= 0.3 is 0 Å². The average Bonchev–Trinajstić information content (AvgIpc) is 2.49. The first-order chi connectivity index (χ1) is 11.6. The smallest absolute Gasteiger partial charge is 0.267 e. The summed E-state index contributed by atoms with van der Waals surface area (Å²) in [5.41, 5.74) is 0.0484. The monoisotopic (exact) mass is 371 g/mol. The first-order valence-electron chi connectivity index (χ1n) is 6.94. The topological polar surface area (TPSA) is 81.7 Å². The minimum Gasteiger partial charge on any atom is -0.493 e. The molecule has 0 bridgehead atoms. The first kappa shape index (κ1) is 18.7. The van der Waals surface area contributed by atoms with Gasteiger partial charge in [-0.3, -0.25) is 4.79 Å². The van der Waals surface area contributed by atoms with E-state index in [1.165, 1.54) is 7.11 Å². The number of carbonyl (C=O) groups is 1. The van der Waals surface area contributed by atoms with E-state index in [1.54, 1.807) is 29.8 Å². The van der Waals surface area contributed by atoms with Crippen molar-refractivity contribution in [3.63, 3.8) is 0 Å². The number of ether oxygens (including phenoxy) is 2. The molecule has 134 valence electrons. The van der Waals surface area contributed by atoms with Crippen molar-refractivity contribution in [2.24, 2.45) is 0 Å². The molecular weight excluding hydrogens is 356 g/mol. The van der Waals surface area contributed by atoms with Crippen LogP contribution in [0.25, 0.3) is 0 Å². The summed E-state index contributed by atoms with van der Waals surface area (Å²) in [6, 6.07) is 6.15. The second-order valence-corrected chi connectivity index (χ2v) is 6.97. The number of amides is 1. The number of sulfonamides is 1. The first-order valence-corrected chi connectivity index (χ1v) is 8.83. The van der Waals surface area contributed by atoms with E-state index in [-0.39, 0.29) is 5.75 Å². The number of methoxy groups -OCH3 is 1. The molecule has 0 atom stereocenters. The third-order valence-electron chi connectivity index (χ3n) is 3.08. The third-order valence-corrected chi connectivity index (χ3v) is 3.64. The predicted octanol–water partition coefficient (Wildman–Crippen LogP) is 2.76. The number of carbonyl (C=O) groups excluding carboxylic acids is 1. The van der Waals surface area contributed by atoms with E-state index in [0.717, 1.165) is 11.8 Å². The Kier molecular flexibility index (Phi) is 5.27. The van der Waals surface area contributed by atoms with Crippen LogP contribution < -0.4 is 14.2 Å². The van der Waals surface area contributed by atoms with Crippen LogP contribution in [0, 0.1) is 18.6 Å². The van der Waals surface area contributed by atoms with Crippen molar-refractivity contribution in [3.05, 3.63) is 53.1 Å². The Labute approximate surface area is 143 Å². The summed E-state index contributed by atoms with van der Waals surface area (Å²) in [7, 11) is -2.51. The lowest BCUT2D eigenvalue weighted by Crippen LogP contribution is -2.30. The lowest BCUT2D eigenvalue weighted by atomic mass is 10.2. The lowest BCUT2D eigenvalue weighted by molar-refractivity contribution is 0.0977. The van der Waals surface area contributed by atoms with Gasteiger partial charge in [0.05, 0.1) is 18.9 Å². The Morgan fingerprint density at radius 3 is 2.32 bits per heavy atom. The van der Waals surface area contributed by atoms with Gasteiger partial charge in [0.1, 0.15) is 5.82 Å². The summed E-state index contributed by atoms with van der Waals surface area (Å²) in [6.45, 7) is 1.78. The number of rotatable bonds is 5. The van der Waals surface area contributed by atoms with Crippen LogP contribution in [-0.2, 0) is 10.0 Å². The summed E-state index contributed by atoms with van der Waals surface area (Å²) >= 11 is 0. The molecule has 25 heavy (non-hydrogen) atoms. The zero-order chi connectivity index (χ0) is 18.8. The molecule has 0 fully saturated rings. The van der Waals surface area contributed by atoms with Crippen LogP contribution >= 0.6 is 0 Å². The van der Waals surface area contributed by atoms with E-state index in [9.17, 15) is 22.0 Å². The highest BCUT2D eigenvalue weighted by Gasteiger charge is 2.20. The number of benzene rings is 2. The SMILES string of the molecule is COc1ccc(C)cc1Oc1cc(F)c(C(=O)NS(C)(=O)=O)cc1F. The molecule has 0 aliphatic carbocycles. The molecule has 0 radical (unpaired) electrons. The van der Waals surface area contributed by atoms with Crippen LogP contribution in [0.5, 0.6) is 17.2 Å². The highest BCUT2D eigenvalue weighted by Crippen LogP contribution is 2.34. The minimum absolute atomic E-state index is 0.161. The van der Waals surface area contributed by atoms with Crippen LogP contribution in [0.1, 0.15) is 15.9 Å². The third kappa shape index (κ3) is 4.66. The quantitative estimate of drug-likeness (QED) is 0.874. The molecule has 0 aromatic heterocycles. The molecule has 0 aliphatic heterocycles. The summed E-state index contributed by atoms with van der Waals surface area (Å²) in [5.74, 6) is -3.46. The van der Waals surface area contributed by atoms with E-state index in [2.05, 4.69) is 0 Å². The van der Waals surface area contributed by atoms with Crippen LogP contribution in [0.2, 0.25) is 0 Å². The number of aryl methyl sites for hydroxylation is 1. The molecule has 0 spiro atoms. The number of halogens is 2. The molecule has 0 saturated heterocycles. The molecule has 1 amide bonds. The van der Waals surface area contributed by atoms with E-state index < -0.39 is 38.9 Å². The van der Waals surface area contributed by atoms with Crippen molar-refractivity contribution < 1.29 is 31.5 Å². The van der Waals surface area contributed by atoms with Gasteiger partial charge in [0, 0.05) is 6.07 Å². The Bertz CT molecular complexity index is 928.